The Kier molecular flexibility index (Phi) is 5.01. The monoisotopic (exact) mass is 329 g/mol. The second-order valence-corrected chi connectivity index (χ2v) is 6.15. The Hall–Kier alpha value is -1.99. The molecular weight excluding hydrogens is 308 g/mol. The number of nitrogens with one attached hydrogen (secondary N) is 1. The van der Waals surface area contributed by atoms with Crippen LogP contribution in [0.25, 0.3) is 0 Å². The molecule has 6 nitrogen and oxygen atoms in total. The molecule has 1 aliphatic carbocycles. The Morgan fingerprint density at radius 3 is 2.43 bits per heavy atom. The van der Waals surface area contributed by atoms with Gasteiger partial charge in [-0.05, 0) is 26.7 Å². The minimum atomic E-state index is -2.75. The third-order valence-corrected chi connectivity index (χ3v) is 4.45. The highest BCUT2D eigenvalue weighted by atomic mass is 19.3. The lowest BCUT2D eigenvalue weighted by molar-refractivity contribution is -0.139. The first-order valence-corrected chi connectivity index (χ1v) is 7.60. The number of hydrogen-bond acceptors (Lipinski definition) is 3. The van der Waals surface area contributed by atoms with Crippen molar-refractivity contribution in [1.82, 2.24) is 15.1 Å². The molecule has 1 aromatic heterocycles. The van der Waals surface area contributed by atoms with Crippen LogP contribution in [0.5, 0.6) is 0 Å². The van der Waals surface area contributed by atoms with E-state index in [1.807, 2.05) is 0 Å². The van der Waals surface area contributed by atoms with E-state index in [-0.39, 0.29) is 24.4 Å². The fourth-order valence-electron chi connectivity index (χ4n) is 3.33. The number of rotatable bonds is 6. The highest BCUT2D eigenvalue weighted by molar-refractivity contribution is 5.81. The van der Waals surface area contributed by atoms with Gasteiger partial charge in [-0.15, -0.1) is 0 Å². The zero-order valence-corrected chi connectivity index (χ0v) is 13.2. The Balaban J connectivity index is 2.11. The fraction of sp³-hybridized carbons (Fsp3) is 0.667. The van der Waals surface area contributed by atoms with E-state index >= 15 is 0 Å². The molecule has 23 heavy (non-hydrogen) atoms. The molecule has 0 atom stereocenters. The number of aliphatic carboxylic acids is 1. The van der Waals surface area contributed by atoms with Crippen LogP contribution >= 0.6 is 0 Å². The molecule has 1 amide bonds. The summed E-state index contributed by atoms with van der Waals surface area (Å²) in [5.41, 5.74) is 0.387. The zero-order valence-electron chi connectivity index (χ0n) is 13.2. The lowest BCUT2D eigenvalue weighted by atomic mass is 9.92. The van der Waals surface area contributed by atoms with Gasteiger partial charge in [0.2, 0.25) is 5.91 Å². The van der Waals surface area contributed by atoms with Gasteiger partial charge in [0.25, 0.3) is 0 Å². The van der Waals surface area contributed by atoms with Gasteiger partial charge in [0, 0.05) is 11.3 Å². The molecular formula is C15H21F2N3O3. The van der Waals surface area contributed by atoms with Crippen LogP contribution in [0.15, 0.2) is 0 Å². The third-order valence-electron chi connectivity index (χ3n) is 4.45. The minimum Gasteiger partial charge on any atom is -0.481 e. The summed E-state index contributed by atoms with van der Waals surface area (Å²) in [4.78, 5) is 23.3. The number of aryl methyl sites for hydroxylation is 1. The van der Waals surface area contributed by atoms with Crippen molar-refractivity contribution in [1.29, 1.82) is 0 Å². The van der Waals surface area contributed by atoms with Crippen LogP contribution in [-0.4, -0.2) is 32.3 Å². The number of carbonyl (C=O) groups is 2. The molecule has 0 spiro atoms. The van der Waals surface area contributed by atoms with Crippen LogP contribution < -0.4 is 5.32 Å². The van der Waals surface area contributed by atoms with Crippen LogP contribution in [0.4, 0.5) is 8.78 Å². The van der Waals surface area contributed by atoms with Crippen LogP contribution in [0.3, 0.4) is 0 Å². The number of nitrogens with zero attached hydrogens (tertiary/aromatic N) is 2. The Morgan fingerprint density at radius 1 is 1.35 bits per heavy atom. The fourth-order valence-corrected chi connectivity index (χ4v) is 3.33. The first-order chi connectivity index (χ1) is 10.7. The third kappa shape index (κ3) is 3.86. The first-order valence-electron chi connectivity index (χ1n) is 7.60. The van der Waals surface area contributed by atoms with Crippen molar-refractivity contribution in [3.63, 3.8) is 0 Å². The molecule has 0 aromatic carbocycles. The van der Waals surface area contributed by atoms with Gasteiger partial charge in [-0.25, -0.2) is 4.68 Å². The summed E-state index contributed by atoms with van der Waals surface area (Å²) in [6, 6.07) is 0. The van der Waals surface area contributed by atoms with Crippen molar-refractivity contribution >= 4 is 11.9 Å². The van der Waals surface area contributed by atoms with E-state index < -0.39 is 18.1 Å². The number of carboxylic acids is 1. The van der Waals surface area contributed by atoms with Gasteiger partial charge in [0.05, 0.1) is 24.1 Å². The average molecular weight is 329 g/mol. The molecule has 0 bridgehead atoms. The van der Waals surface area contributed by atoms with Crippen LogP contribution in [0.2, 0.25) is 0 Å². The summed E-state index contributed by atoms with van der Waals surface area (Å²) in [7, 11) is 0. The summed E-state index contributed by atoms with van der Waals surface area (Å²) in [5.74, 6) is -1.31. The van der Waals surface area contributed by atoms with Gasteiger partial charge in [0.1, 0.15) is 0 Å². The van der Waals surface area contributed by atoms with Gasteiger partial charge < -0.3 is 10.4 Å². The molecule has 0 unspecified atom stereocenters. The van der Waals surface area contributed by atoms with E-state index in [2.05, 4.69) is 10.4 Å². The van der Waals surface area contributed by atoms with Gasteiger partial charge in [-0.2, -0.15) is 13.9 Å². The smallest absolute Gasteiger partial charge is 0.333 e. The maximum Gasteiger partial charge on any atom is 0.333 e. The molecule has 1 aromatic rings. The molecule has 0 saturated heterocycles. The van der Waals surface area contributed by atoms with Crippen molar-refractivity contribution in [2.45, 2.75) is 64.5 Å². The Morgan fingerprint density at radius 2 is 1.96 bits per heavy atom. The minimum absolute atomic E-state index is 0.0776. The maximum atomic E-state index is 12.8. The van der Waals surface area contributed by atoms with Crippen LogP contribution in [-0.2, 0) is 16.0 Å². The number of alkyl halides is 2. The molecule has 2 rings (SSSR count). The van der Waals surface area contributed by atoms with Crippen molar-refractivity contribution in [2.75, 3.05) is 0 Å². The maximum absolute atomic E-state index is 12.8. The summed E-state index contributed by atoms with van der Waals surface area (Å²) < 4.78 is 26.2. The van der Waals surface area contributed by atoms with Crippen molar-refractivity contribution in [2.24, 2.45) is 0 Å². The lowest BCUT2D eigenvalue weighted by Gasteiger charge is -2.28. The number of hydrogen-bond donors (Lipinski definition) is 2. The molecule has 1 saturated carbocycles. The van der Waals surface area contributed by atoms with Crippen LogP contribution in [0, 0.1) is 13.8 Å². The van der Waals surface area contributed by atoms with E-state index in [9.17, 15) is 18.4 Å². The van der Waals surface area contributed by atoms with Gasteiger partial charge in [-0.1, -0.05) is 12.8 Å². The highest BCUT2D eigenvalue weighted by Gasteiger charge is 2.37. The van der Waals surface area contributed by atoms with Crippen molar-refractivity contribution in [3.8, 4) is 0 Å². The molecule has 8 heteroatoms. The molecule has 0 aliphatic heterocycles. The van der Waals surface area contributed by atoms with Crippen molar-refractivity contribution in [3.05, 3.63) is 17.0 Å². The Labute approximate surface area is 132 Å². The van der Waals surface area contributed by atoms with E-state index in [0.717, 1.165) is 12.8 Å². The summed E-state index contributed by atoms with van der Waals surface area (Å²) in [5, 5.41) is 15.6. The number of carboxylic acid groups (broad SMARTS) is 1. The average Bonchev–Trinajstić information content (AvgIpc) is 2.97. The van der Waals surface area contributed by atoms with E-state index in [0.29, 0.717) is 28.8 Å². The largest absolute Gasteiger partial charge is 0.481 e. The van der Waals surface area contributed by atoms with E-state index in [4.69, 9.17) is 5.11 Å². The quantitative estimate of drug-likeness (QED) is 0.839. The number of aromatic nitrogens is 2. The second kappa shape index (κ2) is 6.64. The number of halogens is 2. The van der Waals surface area contributed by atoms with E-state index in [1.165, 1.54) is 6.92 Å². The predicted molar refractivity (Wildman–Crippen MR) is 78.3 cm³/mol. The lowest BCUT2D eigenvalue weighted by Crippen LogP contribution is -2.48. The normalized spacial score (nSPS) is 16.7. The molecule has 0 radical (unpaired) electrons. The van der Waals surface area contributed by atoms with Gasteiger partial charge in [0.15, 0.2) is 0 Å². The van der Waals surface area contributed by atoms with E-state index in [1.54, 1.807) is 6.92 Å². The molecule has 1 fully saturated rings. The zero-order chi connectivity index (χ0) is 17.2. The van der Waals surface area contributed by atoms with Crippen molar-refractivity contribution < 1.29 is 23.5 Å². The molecule has 1 heterocycles. The molecule has 2 N–H and O–H groups in total. The summed E-state index contributed by atoms with van der Waals surface area (Å²) >= 11 is 0. The van der Waals surface area contributed by atoms with Crippen LogP contribution in [0.1, 0.15) is 55.6 Å². The SMILES string of the molecule is Cc1nn(C(F)F)c(C)c1CC(=O)NC1(CC(=O)O)CCCC1. The summed E-state index contributed by atoms with van der Waals surface area (Å²) in [6.45, 7) is 0.327. The highest BCUT2D eigenvalue weighted by Crippen LogP contribution is 2.33. The first kappa shape index (κ1) is 17.4. The molecule has 1 aliphatic rings. The van der Waals surface area contributed by atoms with Gasteiger partial charge >= 0.3 is 12.5 Å². The number of amides is 1. The number of carbonyl (C=O) groups excluding carboxylic acids is 1. The standard InChI is InChI=1S/C15H21F2N3O3/c1-9-11(10(2)20(19-9)14(16)17)7-12(21)18-15(8-13(22)23)5-3-4-6-15/h14H,3-8H2,1-2H3,(H,18,21)(H,22,23). The topological polar surface area (TPSA) is 84.2 Å². The Bertz CT molecular complexity index is 607. The second-order valence-electron chi connectivity index (χ2n) is 6.15. The van der Waals surface area contributed by atoms with Gasteiger partial charge in [-0.3, -0.25) is 9.59 Å². The molecule has 128 valence electrons. The summed E-state index contributed by atoms with van der Waals surface area (Å²) in [6.07, 6.45) is 2.79. The predicted octanol–water partition coefficient (Wildman–Crippen LogP) is 2.34.